The Kier molecular flexibility index (Phi) is 9.41. The van der Waals surface area contributed by atoms with Crippen LogP contribution in [0.2, 0.25) is 0 Å². The summed E-state index contributed by atoms with van der Waals surface area (Å²) in [4.78, 5) is 12.0. The van der Waals surface area contributed by atoms with E-state index in [2.05, 4.69) is 30.9 Å². The Morgan fingerprint density at radius 1 is 1.11 bits per heavy atom. The van der Waals surface area contributed by atoms with Gasteiger partial charge in [0, 0.05) is 48.1 Å². The number of halogens is 1. The minimum absolute atomic E-state index is 0. The summed E-state index contributed by atoms with van der Waals surface area (Å²) in [5, 5.41) is 4.48. The molecule has 0 radical (unpaired) electrons. The van der Waals surface area contributed by atoms with Crippen molar-refractivity contribution < 1.29 is 4.39 Å². The number of hydrogen-bond donors (Lipinski definition) is 0. The van der Waals surface area contributed by atoms with Crippen LogP contribution >= 0.6 is 0 Å². The maximum absolute atomic E-state index is 15.6. The van der Waals surface area contributed by atoms with Crippen LogP contribution in [0.3, 0.4) is 0 Å². The number of hydrogen-bond acceptors (Lipinski definition) is 4. The second-order valence-electron chi connectivity index (χ2n) is 10.4. The minimum atomic E-state index is -0.232. The van der Waals surface area contributed by atoms with Crippen LogP contribution in [0.1, 0.15) is 77.0 Å². The number of likely N-dealkylation sites (tertiary alicyclic amines) is 1. The number of fused-ring (bicyclic) bond motifs is 1. The molecule has 0 aliphatic carbocycles. The van der Waals surface area contributed by atoms with Crippen LogP contribution in [0.15, 0.2) is 35.1 Å². The standard InChI is InChI=1S/C30H40FN5.CH4/c1-8-24-13-12-22(11-10-21(5)36(24)7)27(32-9-2)17-25-19(3)14-23(16-26(25)31)28-15-20(4)30-29(33-28)18-35(6)34-30;/h9,14-18,21-22,24H,8,10-13H2,1-7H3;1H4/b27-17-,32-9?;. The molecule has 5 nitrogen and oxygen atoms in total. The first-order chi connectivity index (χ1) is 17.2. The average molecular weight is 506 g/mol. The molecule has 0 saturated carbocycles. The Labute approximate surface area is 222 Å². The van der Waals surface area contributed by atoms with Gasteiger partial charge in [0.15, 0.2) is 0 Å². The van der Waals surface area contributed by atoms with E-state index in [4.69, 9.17) is 9.98 Å². The number of nitrogens with zero attached hydrogens (tertiary/aromatic N) is 5. The van der Waals surface area contributed by atoms with Gasteiger partial charge in [0.25, 0.3) is 0 Å². The first-order valence-electron chi connectivity index (χ1n) is 13.3. The molecular formula is C31H44FN5. The molecule has 37 heavy (non-hydrogen) atoms. The van der Waals surface area contributed by atoms with E-state index in [1.807, 2.05) is 58.4 Å². The van der Waals surface area contributed by atoms with Gasteiger partial charge in [-0.25, -0.2) is 9.37 Å². The van der Waals surface area contributed by atoms with Crippen LogP contribution in [0, 0.1) is 25.6 Å². The zero-order chi connectivity index (χ0) is 26.0. The number of pyridine rings is 1. The van der Waals surface area contributed by atoms with Gasteiger partial charge < -0.3 is 4.90 Å². The van der Waals surface area contributed by atoms with Crippen molar-refractivity contribution in [1.29, 1.82) is 0 Å². The largest absolute Gasteiger partial charge is 0.301 e. The van der Waals surface area contributed by atoms with E-state index in [1.54, 1.807) is 10.7 Å². The Hall–Kier alpha value is -2.86. The molecule has 1 aliphatic heterocycles. The van der Waals surface area contributed by atoms with Crippen LogP contribution < -0.4 is 0 Å². The van der Waals surface area contributed by atoms with Crippen molar-refractivity contribution in [2.75, 3.05) is 7.05 Å². The summed E-state index contributed by atoms with van der Waals surface area (Å²) in [6.07, 6.45) is 11.3. The van der Waals surface area contributed by atoms with Gasteiger partial charge in [0.05, 0.1) is 11.9 Å². The fourth-order valence-corrected chi connectivity index (χ4v) is 5.60. The zero-order valence-electron chi connectivity index (χ0n) is 22.8. The summed E-state index contributed by atoms with van der Waals surface area (Å²) in [5.74, 6) is 0.104. The van der Waals surface area contributed by atoms with Gasteiger partial charge in [0.1, 0.15) is 16.9 Å². The number of allylic oxidation sites excluding steroid dienone is 1. The van der Waals surface area contributed by atoms with Crippen molar-refractivity contribution in [2.45, 2.75) is 86.2 Å². The Bertz CT molecular complexity index is 1270. The van der Waals surface area contributed by atoms with Gasteiger partial charge in [-0.05, 0) is 102 Å². The molecule has 3 aromatic rings. The molecular weight excluding hydrogens is 461 g/mol. The summed E-state index contributed by atoms with van der Waals surface area (Å²) in [6.45, 7) is 10.5. The van der Waals surface area contributed by atoms with Gasteiger partial charge in [-0.15, -0.1) is 0 Å². The number of aliphatic imine (C=N–C) groups is 1. The maximum Gasteiger partial charge on any atom is 0.131 e. The summed E-state index contributed by atoms with van der Waals surface area (Å²) < 4.78 is 17.4. The highest BCUT2D eigenvalue weighted by atomic mass is 19.1. The van der Waals surface area contributed by atoms with Crippen molar-refractivity contribution >= 4 is 23.3 Å². The lowest BCUT2D eigenvalue weighted by atomic mass is 9.86. The van der Waals surface area contributed by atoms with Crippen molar-refractivity contribution in [3.05, 3.63) is 52.6 Å². The van der Waals surface area contributed by atoms with Crippen molar-refractivity contribution in [1.82, 2.24) is 19.7 Å². The SMILES string of the molecule is C.CC=N/C(=C\c1c(C)cc(-c2cc(C)c3nn(C)cc3n2)cc1F)C1CCC(C)N(C)C(CC)CC1. The molecule has 3 atom stereocenters. The molecule has 0 N–H and O–H groups in total. The molecule has 4 rings (SSSR count). The second-order valence-corrected chi connectivity index (χ2v) is 10.4. The first-order valence-corrected chi connectivity index (χ1v) is 13.3. The fourth-order valence-electron chi connectivity index (χ4n) is 5.60. The van der Waals surface area contributed by atoms with E-state index in [0.717, 1.165) is 71.2 Å². The first kappa shape index (κ1) is 28.7. The predicted molar refractivity (Wildman–Crippen MR) is 156 cm³/mol. The molecule has 0 amide bonds. The average Bonchev–Trinajstić information content (AvgIpc) is 3.22. The summed E-state index contributed by atoms with van der Waals surface area (Å²) >= 11 is 0. The summed E-state index contributed by atoms with van der Waals surface area (Å²) in [7, 11) is 4.14. The Morgan fingerprint density at radius 2 is 1.84 bits per heavy atom. The van der Waals surface area contributed by atoms with Crippen LogP contribution in [0.5, 0.6) is 0 Å². The molecule has 1 aliphatic rings. The van der Waals surface area contributed by atoms with Gasteiger partial charge in [-0.1, -0.05) is 14.4 Å². The third-order valence-corrected chi connectivity index (χ3v) is 7.92. The second kappa shape index (κ2) is 12.1. The monoisotopic (exact) mass is 505 g/mol. The molecule has 1 aromatic carbocycles. The zero-order valence-corrected chi connectivity index (χ0v) is 22.8. The highest BCUT2D eigenvalue weighted by Gasteiger charge is 2.26. The van der Waals surface area contributed by atoms with Gasteiger partial charge in [-0.2, -0.15) is 5.10 Å². The molecule has 3 unspecified atom stereocenters. The van der Waals surface area contributed by atoms with Crippen molar-refractivity contribution in [3.8, 4) is 11.3 Å². The molecule has 6 heteroatoms. The highest BCUT2D eigenvalue weighted by Crippen LogP contribution is 2.34. The van der Waals surface area contributed by atoms with Crippen LogP contribution in [-0.2, 0) is 7.05 Å². The van der Waals surface area contributed by atoms with E-state index >= 15 is 4.39 Å². The molecule has 2 aromatic heterocycles. The van der Waals surface area contributed by atoms with E-state index in [1.165, 1.54) is 0 Å². The lowest BCUT2D eigenvalue weighted by Crippen LogP contribution is -2.40. The molecule has 0 bridgehead atoms. The topological polar surface area (TPSA) is 46.3 Å². The summed E-state index contributed by atoms with van der Waals surface area (Å²) in [5.41, 5.74) is 6.79. The quantitative estimate of drug-likeness (QED) is 0.333. The Balaban J connectivity index is 0.00000380. The van der Waals surface area contributed by atoms with E-state index in [9.17, 15) is 0 Å². The highest BCUT2D eigenvalue weighted by molar-refractivity contribution is 5.81. The van der Waals surface area contributed by atoms with E-state index in [0.29, 0.717) is 23.6 Å². The number of aromatic nitrogens is 3. The maximum atomic E-state index is 15.6. The fraction of sp³-hybridized carbons (Fsp3) is 0.516. The molecule has 3 heterocycles. The summed E-state index contributed by atoms with van der Waals surface area (Å²) in [6, 6.07) is 6.76. The van der Waals surface area contributed by atoms with Gasteiger partial charge in [0.2, 0.25) is 0 Å². The van der Waals surface area contributed by atoms with Crippen molar-refractivity contribution in [3.63, 3.8) is 0 Å². The third-order valence-electron chi connectivity index (χ3n) is 7.92. The lowest BCUT2D eigenvalue weighted by molar-refractivity contribution is 0.135. The molecule has 1 fully saturated rings. The van der Waals surface area contributed by atoms with Gasteiger partial charge in [-0.3, -0.25) is 9.67 Å². The number of rotatable bonds is 5. The van der Waals surface area contributed by atoms with Crippen molar-refractivity contribution in [2.24, 2.45) is 18.0 Å². The van der Waals surface area contributed by atoms with Gasteiger partial charge >= 0.3 is 0 Å². The van der Waals surface area contributed by atoms with E-state index < -0.39 is 0 Å². The normalized spacial score (nSPS) is 21.7. The third kappa shape index (κ3) is 6.18. The molecule has 0 spiro atoms. The predicted octanol–water partition coefficient (Wildman–Crippen LogP) is 7.75. The number of benzene rings is 1. The molecule has 1 saturated heterocycles. The number of aryl methyl sites for hydroxylation is 3. The van der Waals surface area contributed by atoms with Crippen LogP contribution in [0.4, 0.5) is 4.39 Å². The van der Waals surface area contributed by atoms with Crippen LogP contribution in [-0.4, -0.2) is 45.0 Å². The lowest BCUT2D eigenvalue weighted by Gasteiger charge is -2.37. The Morgan fingerprint density at radius 3 is 2.51 bits per heavy atom. The minimum Gasteiger partial charge on any atom is -0.301 e. The van der Waals surface area contributed by atoms with E-state index in [-0.39, 0.29) is 13.2 Å². The van der Waals surface area contributed by atoms with Crippen LogP contribution in [0.25, 0.3) is 28.4 Å². The smallest absolute Gasteiger partial charge is 0.131 e. The molecule has 200 valence electrons.